The molecule has 0 bridgehead atoms. The van der Waals surface area contributed by atoms with Crippen molar-refractivity contribution < 1.29 is 14.6 Å². The number of rotatable bonds is 2. The second kappa shape index (κ2) is 4.73. The van der Waals surface area contributed by atoms with Gasteiger partial charge in [-0.25, -0.2) is 10.0 Å². The molecule has 2 aliphatic rings. The number of hydrogen-bond donors (Lipinski definition) is 1. The fraction of sp³-hybridized carbons (Fsp3) is 0.562. The van der Waals surface area contributed by atoms with Crippen molar-refractivity contribution in [3.05, 3.63) is 35.4 Å². The lowest BCUT2D eigenvalue weighted by Crippen LogP contribution is -2.52. The first kappa shape index (κ1) is 12.8. The average Bonchev–Trinajstić information content (AvgIpc) is 2.94. The predicted octanol–water partition coefficient (Wildman–Crippen LogP) is 2.71. The first-order chi connectivity index (χ1) is 9.09. The summed E-state index contributed by atoms with van der Waals surface area (Å²) >= 11 is 0. The molecule has 1 aromatic rings. The Morgan fingerprint density at radius 3 is 2.47 bits per heavy atom. The highest BCUT2D eigenvalue weighted by molar-refractivity contribution is 5.69. The van der Waals surface area contributed by atoms with E-state index < -0.39 is 0 Å². The highest BCUT2D eigenvalue weighted by Crippen LogP contribution is 2.32. The standard InChI is InChI=1S/C16H22NO2/c1-12-5-4-8-17(12,19)16(18)11-13-9-14-6-2-3-7-15(14)10-13/h2-3,6-7,12-13,19H,4-5,8-11H2,1H3/q+1/t12-,17?/m1/s1. The van der Waals surface area contributed by atoms with E-state index in [0.717, 1.165) is 25.7 Å². The molecule has 1 amide bonds. The molecule has 0 radical (unpaired) electrons. The minimum absolute atomic E-state index is 0.0165. The summed E-state index contributed by atoms with van der Waals surface area (Å²) in [5.74, 6) is 0.391. The van der Waals surface area contributed by atoms with Crippen molar-refractivity contribution in [2.24, 2.45) is 5.92 Å². The molecule has 0 spiro atoms. The Hall–Kier alpha value is -1.19. The molecule has 1 fully saturated rings. The van der Waals surface area contributed by atoms with Crippen molar-refractivity contribution in [3.63, 3.8) is 0 Å². The third-order valence-corrected chi connectivity index (χ3v) is 4.88. The van der Waals surface area contributed by atoms with Gasteiger partial charge in [-0.05, 0) is 36.8 Å². The lowest BCUT2D eigenvalue weighted by atomic mass is 10.0. The monoisotopic (exact) mass is 260 g/mol. The normalized spacial score (nSPS) is 30.5. The lowest BCUT2D eigenvalue weighted by molar-refractivity contribution is -1.05. The molecule has 0 saturated carbocycles. The zero-order valence-corrected chi connectivity index (χ0v) is 11.5. The van der Waals surface area contributed by atoms with E-state index in [-0.39, 0.29) is 16.6 Å². The summed E-state index contributed by atoms with van der Waals surface area (Å²) in [6.45, 7) is 2.58. The second-order valence-electron chi connectivity index (χ2n) is 6.18. The maximum atomic E-state index is 12.4. The van der Waals surface area contributed by atoms with Gasteiger partial charge in [-0.15, -0.1) is 4.65 Å². The molecule has 2 atom stereocenters. The first-order valence-corrected chi connectivity index (χ1v) is 7.30. The van der Waals surface area contributed by atoms with Crippen LogP contribution in [0.3, 0.4) is 0 Å². The van der Waals surface area contributed by atoms with Crippen LogP contribution in [-0.2, 0) is 17.6 Å². The van der Waals surface area contributed by atoms with Crippen LogP contribution in [0.5, 0.6) is 0 Å². The van der Waals surface area contributed by atoms with Gasteiger partial charge in [-0.2, -0.15) is 0 Å². The van der Waals surface area contributed by atoms with Crippen LogP contribution >= 0.6 is 0 Å². The van der Waals surface area contributed by atoms with E-state index >= 15 is 0 Å². The summed E-state index contributed by atoms with van der Waals surface area (Å²) in [5, 5.41) is 10.5. The lowest BCUT2D eigenvalue weighted by Gasteiger charge is -2.27. The summed E-state index contributed by atoms with van der Waals surface area (Å²) in [6.07, 6.45) is 4.38. The summed E-state index contributed by atoms with van der Waals surface area (Å²) < 4.78 is -0.327. The number of amides is 1. The molecule has 3 nitrogen and oxygen atoms in total. The first-order valence-electron chi connectivity index (χ1n) is 7.30. The fourth-order valence-electron chi connectivity index (χ4n) is 3.63. The minimum atomic E-state index is -0.327. The van der Waals surface area contributed by atoms with Gasteiger partial charge in [-0.3, -0.25) is 0 Å². The minimum Gasteiger partial charge on any atom is -0.227 e. The SMILES string of the molecule is C[C@@H]1CCC[N+]1(O)C(=O)CC1Cc2ccccc2C1. The predicted molar refractivity (Wildman–Crippen MR) is 72.6 cm³/mol. The van der Waals surface area contributed by atoms with Crippen LogP contribution in [0, 0.1) is 5.92 Å². The van der Waals surface area contributed by atoms with Crippen LogP contribution in [0.2, 0.25) is 0 Å². The summed E-state index contributed by atoms with van der Waals surface area (Å²) in [6, 6.07) is 8.50. The summed E-state index contributed by atoms with van der Waals surface area (Å²) in [4.78, 5) is 12.4. The topological polar surface area (TPSA) is 37.3 Å². The molecule has 1 aliphatic heterocycles. The molecule has 102 valence electrons. The van der Waals surface area contributed by atoms with Crippen molar-refractivity contribution in [1.29, 1.82) is 0 Å². The molecule has 1 aromatic carbocycles. The molecule has 3 heteroatoms. The van der Waals surface area contributed by atoms with Gasteiger partial charge in [0.25, 0.3) is 0 Å². The van der Waals surface area contributed by atoms with E-state index in [9.17, 15) is 10.0 Å². The van der Waals surface area contributed by atoms with Crippen LogP contribution in [0.25, 0.3) is 0 Å². The van der Waals surface area contributed by atoms with Gasteiger partial charge < -0.3 is 0 Å². The van der Waals surface area contributed by atoms with Gasteiger partial charge in [0, 0.05) is 12.8 Å². The number of hydrogen-bond acceptors (Lipinski definition) is 2. The fourth-order valence-corrected chi connectivity index (χ4v) is 3.63. The Labute approximate surface area is 114 Å². The number of quaternary nitrogens is 1. The van der Waals surface area contributed by atoms with E-state index in [1.807, 2.05) is 6.92 Å². The number of benzene rings is 1. The van der Waals surface area contributed by atoms with Crippen LogP contribution in [0.15, 0.2) is 24.3 Å². The Kier molecular flexibility index (Phi) is 3.19. The van der Waals surface area contributed by atoms with E-state index in [1.54, 1.807) is 0 Å². The highest BCUT2D eigenvalue weighted by Gasteiger charge is 2.46. The Balaban J connectivity index is 1.66. The van der Waals surface area contributed by atoms with Gasteiger partial charge in [0.05, 0.1) is 6.42 Å². The molecule has 1 unspecified atom stereocenters. The third-order valence-electron chi connectivity index (χ3n) is 4.88. The molecule has 1 aliphatic carbocycles. The van der Waals surface area contributed by atoms with Gasteiger partial charge in [0.2, 0.25) is 0 Å². The van der Waals surface area contributed by atoms with E-state index in [0.29, 0.717) is 18.9 Å². The van der Waals surface area contributed by atoms with Crippen molar-refractivity contribution in [3.8, 4) is 0 Å². The summed E-state index contributed by atoms with van der Waals surface area (Å²) in [5.41, 5.74) is 2.75. The third kappa shape index (κ3) is 2.21. The average molecular weight is 260 g/mol. The van der Waals surface area contributed by atoms with Crippen molar-refractivity contribution in [2.45, 2.75) is 45.1 Å². The molecule has 19 heavy (non-hydrogen) atoms. The zero-order chi connectivity index (χ0) is 13.5. The number of carbonyl (C=O) groups excluding carboxylic acids is 1. The van der Waals surface area contributed by atoms with Gasteiger partial charge >= 0.3 is 5.91 Å². The summed E-state index contributed by atoms with van der Waals surface area (Å²) in [7, 11) is 0. The molecular weight excluding hydrogens is 238 g/mol. The van der Waals surface area contributed by atoms with E-state index in [4.69, 9.17) is 0 Å². The maximum Gasteiger partial charge on any atom is 0.346 e. The van der Waals surface area contributed by atoms with E-state index in [1.165, 1.54) is 11.1 Å². The molecule has 1 saturated heterocycles. The Morgan fingerprint density at radius 2 is 1.95 bits per heavy atom. The van der Waals surface area contributed by atoms with Gasteiger partial charge in [0.1, 0.15) is 12.6 Å². The highest BCUT2D eigenvalue weighted by atomic mass is 16.6. The molecule has 1 N–H and O–H groups in total. The Morgan fingerprint density at radius 1 is 1.32 bits per heavy atom. The Bertz CT molecular complexity index is 474. The molecular formula is C16H22NO2+. The number of nitrogens with zero attached hydrogens (tertiary/aromatic N) is 1. The van der Waals surface area contributed by atoms with Crippen LogP contribution in [-0.4, -0.2) is 28.3 Å². The number of fused-ring (bicyclic) bond motifs is 1. The maximum absolute atomic E-state index is 12.4. The van der Waals surface area contributed by atoms with Crippen molar-refractivity contribution in [1.82, 2.24) is 0 Å². The van der Waals surface area contributed by atoms with Gasteiger partial charge in [0.15, 0.2) is 0 Å². The number of likely N-dealkylation sites (tertiary alicyclic amines) is 1. The van der Waals surface area contributed by atoms with Crippen LogP contribution in [0.4, 0.5) is 0 Å². The van der Waals surface area contributed by atoms with E-state index in [2.05, 4.69) is 24.3 Å². The largest absolute Gasteiger partial charge is 0.346 e. The van der Waals surface area contributed by atoms with Crippen LogP contribution < -0.4 is 0 Å². The number of carbonyl (C=O) groups is 1. The molecule has 1 heterocycles. The second-order valence-corrected chi connectivity index (χ2v) is 6.18. The number of hydroxylamine groups is 3. The van der Waals surface area contributed by atoms with Crippen LogP contribution in [0.1, 0.15) is 37.3 Å². The molecule has 0 aromatic heterocycles. The van der Waals surface area contributed by atoms with Crippen molar-refractivity contribution >= 4 is 5.91 Å². The van der Waals surface area contributed by atoms with Crippen molar-refractivity contribution in [2.75, 3.05) is 6.54 Å². The molecule has 3 rings (SSSR count). The smallest absolute Gasteiger partial charge is 0.227 e. The zero-order valence-electron chi connectivity index (χ0n) is 11.5. The van der Waals surface area contributed by atoms with Gasteiger partial charge in [-0.1, -0.05) is 24.3 Å². The quantitative estimate of drug-likeness (QED) is 0.656.